The summed E-state index contributed by atoms with van der Waals surface area (Å²) in [6, 6.07) is 14.8. The molecule has 148 valence electrons. The van der Waals surface area contributed by atoms with Crippen LogP contribution in [-0.4, -0.2) is 62.2 Å². The van der Waals surface area contributed by atoms with Crippen LogP contribution in [0.5, 0.6) is 0 Å². The van der Waals surface area contributed by atoms with Crippen LogP contribution in [0.2, 0.25) is 5.02 Å². The molecule has 0 aromatic heterocycles. The van der Waals surface area contributed by atoms with Crippen LogP contribution in [0.4, 0.5) is 11.4 Å². The molecule has 28 heavy (non-hydrogen) atoms. The van der Waals surface area contributed by atoms with Crippen LogP contribution in [0.15, 0.2) is 57.4 Å². The van der Waals surface area contributed by atoms with Gasteiger partial charge in [-0.3, -0.25) is 4.90 Å². The van der Waals surface area contributed by atoms with Gasteiger partial charge in [0.25, 0.3) is 0 Å². The Morgan fingerprint density at radius 3 is 2.39 bits per heavy atom. The maximum absolute atomic E-state index is 10.3. The lowest BCUT2D eigenvalue weighted by Gasteiger charge is -2.36. The highest BCUT2D eigenvalue weighted by Crippen LogP contribution is 2.48. The first kappa shape index (κ1) is 19.7. The van der Waals surface area contributed by atoms with Crippen LogP contribution >= 0.6 is 23.4 Å². The minimum Gasteiger partial charge on any atom is -0.340 e. The zero-order valence-corrected chi connectivity index (χ0v) is 17.5. The van der Waals surface area contributed by atoms with Crippen molar-refractivity contribution in [2.75, 3.05) is 57.3 Å². The van der Waals surface area contributed by atoms with Crippen molar-refractivity contribution in [3.8, 4) is 0 Å². The van der Waals surface area contributed by atoms with E-state index in [4.69, 9.17) is 11.6 Å². The molecular formula is C21H25ClN4OS. The molecule has 2 heterocycles. The third-order valence-corrected chi connectivity index (χ3v) is 6.78. The molecule has 1 saturated heterocycles. The maximum atomic E-state index is 10.3. The predicted octanol–water partition coefficient (Wildman–Crippen LogP) is 4.72. The summed E-state index contributed by atoms with van der Waals surface area (Å²) >= 11 is 8.12. The zero-order valence-electron chi connectivity index (χ0n) is 15.9. The van der Waals surface area contributed by atoms with Crippen LogP contribution < -0.4 is 4.90 Å². The van der Waals surface area contributed by atoms with Gasteiger partial charge in [0, 0.05) is 54.1 Å². The van der Waals surface area contributed by atoms with Gasteiger partial charge in [0.1, 0.15) is 0 Å². The van der Waals surface area contributed by atoms with E-state index < -0.39 is 0 Å². The number of para-hydroxylation sites is 1. The highest BCUT2D eigenvalue weighted by atomic mass is 35.5. The minimum atomic E-state index is 0.397. The van der Waals surface area contributed by atoms with E-state index >= 15 is 0 Å². The molecule has 1 fully saturated rings. The molecule has 0 atom stereocenters. The number of hydrogen-bond donors (Lipinski definition) is 0. The van der Waals surface area contributed by atoms with E-state index in [9.17, 15) is 4.91 Å². The molecule has 5 nitrogen and oxygen atoms in total. The molecule has 0 amide bonds. The summed E-state index contributed by atoms with van der Waals surface area (Å²) in [6.07, 6.45) is 1.10. The van der Waals surface area contributed by atoms with Gasteiger partial charge in [-0.05, 0) is 43.3 Å². The number of nitrogens with zero attached hydrogens (tertiary/aromatic N) is 4. The molecule has 7 heteroatoms. The lowest BCUT2D eigenvalue weighted by Crippen LogP contribution is -2.47. The fraction of sp³-hybridized carbons (Fsp3) is 0.429. The van der Waals surface area contributed by atoms with Crippen LogP contribution in [0.25, 0.3) is 0 Å². The molecule has 4 rings (SSSR count). The first-order valence-corrected chi connectivity index (χ1v) is 11.0. The molecule has 0 aliphatic carbocycles. The van der Waals surface area contributed by atoms with Crippen molar-refractivity contribution in [1.29, 1.82) is 0 Å². The number of rotatable bonds is 7. The van der Waals surface area contributed by atoms with Crippen molar-refractivity contribution in [3.63, 3.8) is 0 Å². The van der Waals surface area contributed by atoms with E-state index in [0.29, 0.717) is 6.54 Å². The largest absolute Gasteiger partial charge is 0.340 e. The third-order valence-electron chi connectivity index (χ3n) is 5.42. The summed E-state index contributed by atoms with van der Waals surface area (Å²) in [5, 5.41) is 3.75. The Balaban J connectivity index is 1.38. The lowest BCUT2D eigenvalue weighted by molar-refractivity contribution is 0.135. The summed E-state index contributed by atoms with van der Waals surface area (Å²) in [4.78, 5) is 20.1. The SMILES string of the molecule is O=NCCN1CCN(CCCN2c3ccccc3Sc3ccc(Cl)cc32)CC1. The second-order valence-corrected chi connectivity index (χ2v) is 8.74. The second-order valence-electron chi connectivity index (χ2n) is 7.22. The number of fused-ring (bicyclic) bond motifs is 2. The quantitative estimate of drug-likeness (QED) is 0.611. The zero-order chi connectivity index (χ0) is 19.3. The smallest absolute Gasteiger partial charge is 0.0938 e. The number of nitroso groups, excluding NO2 is 1. The van der Waals surface area contributed by atoms with Crippen molar-refractivity contribution < 1.29 is 0 Å². The van der Waals surface area contributed by atoms with E-state index in [1.54, 1.807) is 0 Å². The molecule has 0 radical (unpaired) electrons. The topological polar surface area (TPSA) is 39.2 Å². The highest BCUT2D eigenvalue weighted by Gasteiger charge is 2.23. The highest BCUT2D eigenvalue weighted by molar-refractivity contribution is 7.99. The summed E-state index contributed by atoms with van der Waals surface area (Å²) in [6.45, 7) is 7.42. The van der Waals surface area contributed by atoms with Crippen molar-refractivity contribution in [2.45, 2.75) is 16.2 Å². The van der Waals surface area contributed by atoms with Gasteiger partial charge in [0.15, 0.2) is 0 Å². The number of piperazine rings is 1. The monoisotopic (exact) mass is 416 g/mol. The fourth-order valence-electron chi connectivity index (χ4n) is 3.91. The van der Waals surface area contributed by atoms with Gasteiger partial charge in [0.05, 0.1) is 17.9 Å². The van der Waals surface area contributed by atoms with E-state index in [1.807, 2.05) is 17.8 Å². The standard InChI is InChI=1S/C21H25ClN4OS/c22-17-6-7-21-19(16-17)26(18-4-1-2-5-20(18)28-21)10-3-9-24-12-14-25(15-13-24)11-8-23-27/h1-2,4-7,16H,3,8-15H2. The predicted molar refractivity (Wildman–Crippen MR) is 117 cm³/mol. The molecule has 2 aliphatic rings. The van der Waals surface area contributed by atoms with E-state index in [1.165, 1.54) is 21.2 Å². The van der Waals surface area contributed by atoms with Crippen LogP contribution in [0.1, 0.15) is 6.42 Å². The molecule has 2 aromatic carbocycles. The normalized spacial score (nSPS) is 17.2. The maximum Gasteiger partial charge on any atom is 0.0938 e. The summed E-state index contributed by atoms with van der Waals surface area (Å²) in [5.41, 5.74) is 2.48. The van der Waals surface area contributed by atoms with Gasteiger partial charge in [-0.1, -0.05) is 40.7 Å². The van der Waals surface area contributed by atoms with Crippen molar-refractivity contribution >= 4 is 34.7 Å². The molecule has 0 saturated carbocycles. The van der Waals surface area contributed by atoms with E-state index in [2.05, 4.69) is 56.3 Å². The first-order valence-electron chi connectivity index (χ1n) is 9.82. The fourth-order valence-corrected chi connectivity index (χ4v) is 5.16. The van der Waals surface area contributed by atoms with Crippen LogP contribution in [0, 0.1) is 4.91 Å². The molecule has 0 bridgehead atoms. The molecule has 0 unspecified atom stereocenters. The van der Waals surface area contributed by atoms with Crippen LogP contribution in [-0.2, 0) is 0 Å². The van der Waals surface area contributed by atoms with Gasteiger partial charge < -0.3 is 9.80 Å². The molecule has 2 aliphatic heterocycles. The van der Waals surface area contributed by atoms with Crippen molar-refractivity contribution in [2.24, 2.45) is 5.18 Å². The minimum absolute atomic E-state index is 0.397. The Bertz CT molecular complexity index is 826. The summed E-state index contributed by atoms with van der Waals surface area (Å²) in [5.74, 6) is 0. The first-order chi connectivity index (χ1) is 13.7. The lowest BCUT2D eigenvalue weighted by atomic mass is 10.2. The van der Waals surface area contributed by atoms with Crippen molar-refractivity contribution in [3.05, 3.63) is 52.4 Å². The van der Waals surface area contributed by atoms with Gasteiger partial charge >= 0.3 is 0 Å². The third kappa shape index (κ3) is 4.51. The summed E-state index contributed by atoms with van der Waals surface area (Å²) < 4.78 is 0. The number of halogens is 1. The van der Waals surface area contributed by atoms with Crippen LogP contribution in [0.3, 0.4) is 0 Å². The number of benzene rings is 2. The Morgan fingerprint density at radius 1 is 0.893 bits per heavy atom. The van der Waals surface area contributed by atoms with E-state index in [0.717, 1.165) is 57.3 Å². The average molecular weight is 417 g/mol. The van der Waals surface area contributed by atoms with Gasteiger partial charge in [0.2, 0.25) is 0 Å². The molecule has 0 N–H and O–H groups in total. The van der Waals surface area contributed by atoms with Gasteiger partial charge in [-0.2, -0.15) is 4.91 Å². The Labute approximate surface area is 175 Å². The van der Waals surface area contributed by atoms with Crippen molar-refractivity contribution in [1.82, 2.24) is 9.80 Å². The number of hydrogen-bond acceptors (Lipinski definition) is 6. The number of anilines is 2. The Kier molecular flexibility index (Phi) is 6.52. The van der Waals surface area contributed by atoms with E-state index in [-0.39, 0.29) is 0 Å². The Morgan fingerprint density at radius 2 is 1.61 bits per heavy atom. The molecule has 0 spiro atoms. The summed E-state index contributed by atoms with van der Waals surface area (Å²) in [7, 11) is 0. The average Bonchev–Trinajstić information content (AvgIpc) is 2.73. The molecular weight excluding hydrogens is 392 g/mol. The molecule has 2 aromatic rings. The van der Waals surface area contributed by atoms with Gasteiger partial charge in [-0.25, -0.2) is 0 Å². The van der Waals surface area contributed by atoms with Gasteiger partial charge in [-0.15, -0.1) is 0 Å². The second kappa shape index (κ2) is 9.27. The Hall–Kier alpha value is -1.60.